The van der Waals surface area contributed by atoms with E-state index in [0.29, 0.717) is 43.9 Å². The molecule has 3 aliphatic heterocycles. The van der Waals surface area contributed by atoms with Crippen LogP contribution in [0.3, 0.4) is 0 Å². The largest absolute Gasteiger partial charge is 0.494 e. The number of likely N-dealkylation sites (tertiary alicyclic amines) is 1. The molecule has 2 aromatic rings. The summed E-state index contributed by atoms with van der Waals surface area (Å²) in [7, 11) is 0. The van der Waals surface area contributed by atoms with Gasteiger partial charge in [0.15, 0.2) is 0 Å². The summed E-state index contributed by atoms with van der Waals surface area (Å²) in [5, 5.41) is 10.7. The predicted molar refractivity (Wildman–Crippen MR) is 182 cm³/mol. The molecule has 0 radical (unpaired) electrons. The van der Waals surface area contributed by atoms with E-state index in [1.807, 2.05) is 82.3 Å². The topological polar surface area (TPSA) is 99.6 Å². The Balaban J connectivity index is 1.58. The van der Waals surface area contributed by atoms with Crippen molar-refractivity contribution in [2.24, 2.45) is 17.8 Å². The van der Waals surface area contributed by atoms with Crippen LogP contribution < -0.4 is 9.64 Å². The van der Waals surface area contributed by atoms with Gasteiger partial charge in [-0.15, -0.1) is 13.2 Å². The van der Waals surface area contributed by atoms with Gasteiger partial charge in [0.25, 0.3) is 0 Å². The molecule has 0 aromatic heterocycles. The number of aliphatic hydroxyl groups excluding tert-OH is 1. The average molecular weight is 644 g/mol. The summed E-state index contributed by atoms with van der Waals surface area (Å²) < 4.78 is 12.5. The van der Waals surface area contributed by atoms with Gasteiger partial charge in [-0.2, -0.15) is 0 Å². The maximum Gasteiger partial charge on any atom is 0.249 e. The molecular formula is C38H49N3O6. The van der Waals surface area contributed by atoms with Gasteiger partial charge in [0.2, 0.25) is 17.7 Å². The van der Waals surface area contributed by atoms with Crippen molar-refractivity contribution in [2.45, 2.75) is 76.8 Å². The fourth-order valence-electron chi connectivity index (χ4n) is 8.11. The van der Waals surface area contributed by atoms with E-state index in [4.69, 9.17) is 9.47 Å². The van der Waals surface area contributed by atoms with Gasteiger partial charge in [0.05, 0.1) is 36.7 Å². The standard InChI is InChI=1S/C38H49N3O6/c1-7-21-39(24-27-13-11-10-12-14-27)36(45)33-38-20-19-37(6,47-38)31(32(38)35(44)41(33)29(25-42)23-26(4)5)34(43)40(22-8-2)28-15-17-30(18-16-28)46-9-3/h7-8,10-18,26,29,31-33,42H,1-2,9,19-25H2,3-6H3/t29-,31+,32+,33?,37-,38?/m1/s1. The third-order valence-corrected chi connectivity index (χ3v) is 9.98. The highest BCUT2D eigenvalue weighted by atomic mass is 16.5. The van der Waals surface area contributed by atoms with Crippen molar-refractivity contribution in [2.75, 3.05) is 31.2 Å². The fourth-order valence-corrected chi connectivity index (χ4v) is 8.11. The number of rotatable bonds is 15. The van der Waals surface area contributed by atoms with E-state index < -0.39 is 35.1 Å². The van der Waals surface area contributed by atoms with E-state index in [0.717, 1.165) is 5.56 Å². The van der Waals surface area contributed by atoms with Crippen molar-refractivity contribution in [3.8, 4) is 5.75 Å². The predicted octanol–water partition coefficient (Wildman–Crippen LogP) is 4.99. The van der Waals surface area contributed by atoms with Gasteiger partial charge in [-0.1, -0.05) is 56.3 Å². The molecule has 3 saturated heterocycles. The smallest absolute Gasteiger partial charge is 0.249 e. The average Bonchev–Trinajstić information content (AvgIpc) is 3.63. The molecule has 3 fully saturated rings. The van der Waals surface area contributed by atoms with Crippen LogP contribution in [-0.2, 0) is 25.7 Å². The van der Waals surface area contributed by atoms with Crippen LogP contribution >= 0.6 is 0 Å². The maximum atomic E-state index is 14.9. The third kappa shape index (κ3) is 6.23. The van der Waals surface area contributed by atoms with Crippen LogP contribution in [0.4, 0.5) is 5.69 Å². The molecule has 9 nitrogen and oxygen atoms in total. The number of hydrogen-bond donors (Lipinski definition) is 1. The van der Waals surface area contributed by atoms with Gasteiger partial charge in [-0.05, 0) is 68.9 Å². The molecule has 6 atom stereocenters. The second kappa shape index (κ2) is 14.0. The van der Waals surface area contributed by atoms with Crippen LogP contribution in [0, 0.1) is 17.8 Å². The summed E-state index contributed by atoms with van der Waals surface area (Å²) in [5.41, 5.74) is -0.577. The number of nitrogens with zero attached hydrogens (tertiary/aromatic N) is 3. The first-order valence-electron chi connectivity index (χ1n) is 16.8. The first-order chi connectivity index (χ1) is 22.5. The second-order valence-corrected chi connectivity index (χ2v) is 13.6. The van der Waals surface area contributed by atoms with Crippen molar-refractivity contribution < 1.29 is 29.0 Å². The monoisotopic (exact) mass is 643 g/mol. The van der Waals surface area contributed by atoms with E-state index in [2.05, 4.69) is 13.2 Å². The normalized spacial score (nSPS) is 26.6. The maximum absolute atomic E-state index is 14.9. The Bertz CT molecular complexity index is 1460. The lowest BCUT2D eigenvalue weighted by Crippen LogP contribution is -2.58. The van der Waals surface area contributed by atoms with E-state index in [1.54, 1.807) is 26.9 Å². The first-order valence-corrected chi connectivity index (χ1v) is 16.8. The van der Waals surface area contributed by atoms with Crippen molar-refractivity contribution in [3.63, 3.8) is 0 Å². The van der Waals surface area contributed by atoms with Gasteiger partial charge in [-0.25, -0.2) is 0 Å². The molecule has 9 heteroatoms. The number of ether oxygens (including phenoxy) is 2. The van der Waals surface area contributed by atoms with Crippen LogP contribution in [0.25, 0.3) is 0 Å². The molecule has 252 valence electrons. The zero-order chi connectivity index (χ0) is 33.9. The first kappa shape index (κ1) is 34.4. The van der Waals surface area contributed by atoms with Crippen LogP contribution in [0.5, 0.6) is 5.75 Å². The Labute approximate surface area is 278 Å². The molecule has 3 heterocycles. The van der Waals surface area contributed by atoms with E-state index in [-0.39, 0.29) is 43.3 Å². The number of hydrogen-bond acceptors (Lipinski definition) is 6. The quantitative estimate of drug-likeness (QED) is 0.275. The molecule has 3 aliphatic rings. The minimum atomic E-state index is -1.22. The highest BCUT2D eigenvalue weighted by molar-refractivity contribution is 6.03. The Morgan fingerprint density at radius 2 is 1.74 bits per heavy atom. The number of fused-ring (bicyclic) bond motifs is 1. The molecule has 2 bridgehead atoms. The van der Waals surface area contributed by atoms with Crippen molar-refractivity contribution in [1.29, 1.82) is 0 Å². The number of benzene rings is 2. The SMILES string of the molecule is C=CCN(Cc1ccccc1)C(=O)C1N([C@@H](CO)CC(C)C)C(=O)[C@@H]2[C@@H](C(=O)N(CC=C)c3ccc(OCC)cc3)[C@@]3(C)CCC12O3. The molecule has 1 N–H and O–H groups in total. The molecule has 47 heavy (non-hydrogen) atoms. The summed E-state index contributed by atoms with van der Waals surface area (Å²) in [6.45, 7) is 16.7. The van der Waals surface area contributed by atoms with E-state index >= 15 is 0 Å². The number of aliphatic hydroxyl groups is 1. The summed E-state index contributed by atoms with van der Waals surface area (Å²) in [4.78, 5) is 49.3. The van der Waals surface area contributed by atoms with Crippen molar-refractivity contribution in [3.05, 3.63) is 85.5 Å². The zero-order valence-corrected chi connectivity index (χ0v) is 28.1. The lowest BCUT2D eigenvalue weighted by atomic mass is 9.66. The van der Waals surface area contributed by atoms with Crippen LogP contribution in [0.15, 0.2) is 79.9 Å². The van der Waals surface area contributed by atoms with Crippen molar-refractivity contribution in [1.82, 2.24) is 9.80 Å². The van der Waals surface area contributed by atoms with E-state index in [9.17, 15) is 19.5 Å². The fraction of sp³-hybridized carbons (Fsp3) is 0.500. The molecule has 1 spiro atoms. The number of amides is 3. The Hall–Kier alpha value is -3.95. The summed E-state index contributed by atoms with van der Waals surface area (Å²) in [6, 6.07) is 15.4. The summed E-state index contributed by atoms with van der Waals surface area (Å²) in [6.07, 6.45) is 4.81. The zero-order valence-electron chi connectivity index (χ0n) is 28.1. The molecule has 5 rings (SSSR count). The van der Waals surface area contributed by atoms with Crippen LogP contribution in [0.2, 0.25) is 0 Å². The van der Waals surface area contributed by atoms with Gasteiger partial charge < -0.3 is 29.3 Å². The van der Waals surface area contributed by atoms with Gasteiger partial charge in [-0.3, -0.25) is 14.4 Å². The molecule has 2 aromatic carbocycles. The number of anilines is 1. The van der Waals surface area contributed by atoms with Crippen molar-refractivity contribution >= 4 is 23.4 Å². The number of carbonyl (C=O) groups excluding carboxylic acids is 3. The van der Waals surface area contributed by atoms with E-state index in [1.165, 1.54) is 0 Å². The molecule has 0 aliphatic carbocycles. The lowest BCUT2D eigenvalue weighted by molar-refractivity contribution is -0.155. The Kier molecular flexibility index (Phi) is 10.3. The third-order valence-electron chi connectivity index (χ3n) is 9.98. The molecule has 3 amide bonds. The molecular weight excluding hydrogens is 594 g/mol. The van der Waals surface area contributed by atoms with Gasteiger partial charge >= 0.3 is 0 Å². The Morgan fingerprint density at radius 3 is 2.34 bits per heavy atom. The highest BCUT2D eigenvalue weighted by Crippen LogP contribution is 2.64. The van der Waals surface area contributed by atoms with Crippen LogP contribution in [-0.4, -0.2) is 82.2 Å². The summed E-state index contributed by atoms with van der Waals surface area (Å²) in [5.74, 6) is -1.71. The lowest BCUT2D eigenvalue weighted by Gasteiger charge is -2.40. The van der Waals surface area contributed by atoms with Gasteiger partial charge in [0, 0.05) is 25.3 Å². The molecule has 0 saturated carbocycles. The molecule has 2 unspecified atom stereocenters. The second-order valence-electron chi connectivity index (χ2n) is 13.6. The summed E-state index contributed by atoms with van der Waals surface area (Å²) >= 11 is 0. The minimum absolute atomic E-state index is 0.150. The van der Waals surface area contributed by atoms with Crippen LogP contribution in [0.1, 0.15) is 52.5 Å². The Morgan fingerprint density at radius 1 is 1.06 bits per heavy atom. The highest BCUT2D eigenvalue weighted by Gasteiger charge is 2.79. The minimum Gasteiger partial charge on any atom is -0.494 e. The number of carbonyl (C=O) groups is 3. The van der Waals surface area contributed by atoms with Gasteiger partial charge in [0.1, 0.15) is 17.4 Å².